The van der Waals surface area contributed by atoms with Gasteiger partial charge in [0.2, 0.25) is 5.91 Å². The monoisotopic (exact) mass is 491 g/mol. The van der Waals surface area contributed by atoms with Gasteiger partial charge in [0.15, 0.2) is 0 Å². The number of nitrogens with zero attached hydrogens (tertiary/aromatic N) is 3. The van der Waals surface area contributed by atoms with Gasteiger partial charge in [-0.25, -0.2) is 4.79 Å². The van der Waals surface area contributed by atoms with E-state index in [0.29, 0.717) is 12.5 Å². The van der Waals surface area contributed by atoms with Crippen molar-refractivity contribution in [3.05, 3.63) is 17.5 Å². The molecule has 0 saturated carbocycles. The van der Waals surface area contributed by atoms with Gasteiger partial charge in [-0.15, -0.1) is 0 Å². The second-order valence-corrected chi connectivity index (χ2v) is 9.20. The van der Waals surface area contributed by atoms with Crippen molar-refractivity contribution in [1.29, 1.82) is 0 Å². The first-order valence-corrected chi connectivity index (χ1v) is 11.5. The number of halogens is 3. The number of carbonyl (C=O) groups is 2. The molecule has 1 aromatic rings. The molecule has 3 fully saturated rings. The van der Waals surface area contributed by atoms with Gasteiger partial charge in [-0.05, 0) is 44.9 Å². The van der Waals surface area contributed by atoms with Gasteiger partial charge >= 0.3 is 12.1 Å². The van der Waals surface area contributed by atoms with E-state index in [2.05, 4.69) is 10.1 Å². The average Bonchev–Trinajstić information content (AvgIpc) is 3.42. The first-order valence-electron chi connectivity index (χ1n) is 11.5. The lowest BCUT2D eigenvalue weighted by atomic mass is 9.79. The number of carbonyl (C=O) groups excluding carboxylic acids is 1. The lowest BCUT2D eigenvalue weighted by Gasteiger charge is -2.53. The summed E-state index contributed by atoms with van der Waals surface area (Å²) in [6.07, 6.45) is 0.367. The largest absolute Gasteiger partial charge is 0.490 e. The average molecular weight is 492 g/mol. The molecule has 1 amide bonds. The van der Waals surface area contributed by atoms with Crippen LogP contribution in [0.25, 0.3) is 0 Å². The minimum Gasteiger partial charge on any atom is -0.475 e. The highest BCUT2D eigenvalue weighted by Crippen LogP contribution is 2.38. The van der Waals surface area contributed by atoms with Crippen molar-refractivity contribution in [2.45, 2.75) is 57.3 Å². The van der Waals surface area contributed by atoms with E-state index in [4.69, 9.17) is 23.9 Å². The van der Waals surface area contributed by atoms with Crippen molar-refractivity contribution in [3.63, 3.8) is 0 Å². The van der Waals surface area contributed by atoms with Crippen LogP contribution in [0.1, 0.15) is 43.6 Å². The Morgan fingerprint density at radius 1 is 1.29 bits per heavy atom. The minimum atomic E-state index is -5.08. The molecule has 3 saturated heterocycles. The van der Waals surface area contributed by atoms with Gasteiger partial charge in [0.05, 0.1) is 11.3 Å². The predicted octanol–water partition coefficient (Wildman–Crippen LogP) is 2.63. The van der Waals surface area contributed by atoms with Crippen LogP contribution in [-0.2, 0) is 25.6 Å². The normalized spacial score (nSPS) is 22.2. The number of hydrogen-bond acceptors (Lipinski definition) is 7. The zero-order valence-corrected chi connectivity index (χ0v) is 19.3. The maximum absolute atomic E-state index is 12.0. The number of carboxylic acid groups (broad SMARTS) is 1. The number of carboxylic acids is 1. The van der Waals surface area contributed by atoms with Gasteiger partial charge in [-0.2, -0.15) is 13.2 Å². The van der Waals surface area contributed by atoms with Crippen LogP contribution in [0.4, 0.5) is 13.2 Å². The van der Waals surface area contributed by atoms with E-state index in [1.54, 1.807) is 0 Å². The Labute approximate surface area is 196 Å². The Balaban J connectivity index is 0.000000406. The molecule has 1 spiro atoms. The molecule has 1 N–H and O–H groups in total. The number of aromatic nitrogens is 1. The summed E-state index contributed by atoms with van der Waals surface area (Å²) in [6.45, 7) is 8.20. The van der Waals surface area contributed by atoms with Crippen molar-refractivity contribution in [3.8, 4) is 0 Å². The summed E-state index contributed by atoms with van der Waals surface area (Å²) in [6, 6.07) is 2.00. The van der Waals surface area contributed by atoms with E-state index in [1.165, 1.54) is 0 Å². The summed E-state index contributed by atoms with van der Waals surface area (Å²) in [5.41, 5.74) is 0.998. The second kappa shape index (κ2) is 11.5. The second-order valence-electron chi connectivity index (χ2n) is 9.20. The molecule has 0 aliphatic carbocycles. The molecule has 192 valence electrons. The SMILES string of the molecule is Cc1cc(CN2CC3(CC(CCOCC(=O)N4CCCC4)CCO3)C2)no1.O=C(O)C(F)(F)F. The standard InChI is InChI=1S/C20H31N3O4.C2HF3O2/c1-16-10-18(21-27-16)12-22-14-20(15-22)11-17(5-9-26-20)4-8-25-13-19(24)23-6-2-3-7-23;3-2(4,5)1(6)7/h10,17H,2-9,11-15H2,1H3;(H,6,7). The third-order valence-electron chi connectivity index (χ3n) is 6.28. The lowest BCUT2D eigenvalue weighted by molar-refractivity contribution is -0.192. The van der Waals surface area contributed by atoms with E-state index in [9.17, 15) is 18.0 Å². The molecule has 1 unspecified atom stereocenters. The van der Waals surface area contributed by atoms with Crippen LogP contribution in [-0.4, -0.2) is 89.7 Å². The highest BCUT2D eigenvalue weighted by atomic mass is 19.4. The quantitative estimate of drug-likeness (QED) is 0.581. The Morgan fingerprint density at radius 2 is 1.97 bits per heavy atom. The molecule has 1 aromatic heterocycles. The molecule has 4 heterocycles. The van der Waals surface area contributed by atoms with Crippen LogP contribution in [0.5, 0.6) is 0 Å². The minimum absolute atomic E-state index is 0.00701. The fraction of sp³-hybridized carbons (Fsp3) is 0.773. The molecule has 1 atom stereocenters. The number of alkyl halides is 3. The third-order valence-corrected chi connectivity index (χ3v) is 6.28. The molecule has 9 nitrogen and oxygen atoms in total. The third kappa shape index (κ3) is 7.67. The van der Waals surface area contributed by atoms with Crippen LogP contribution >= 0.6 is 0 Å². The molecule has 0 aromatic carbocycles. The van der Waals surface area contributed by atoms with Crippen molar-refractivity contribution in [2.75, 3.05) is 46.0 Å². The first kappa shape index (κ1) is 26.4. The first-order chi connectivity index (χ1) is 16.1. The zero-order chi connectivity index (χ0) is 24.8. The molecule has 12 heteroatoms. The number of rotatable bonds is 7. The number of aliphatic carboxylic acids is 1. The van der Waals surface area contributed by atoms with Crippen LogP contribution in [0.2, 0.25) is 0 Å². The summed E-state index contributed by atoms with van der Waals surface area (Å²) in [7, 11) is 0. The molecule has 3 aliphatic rings. The van der Waals surface area contributed by atoms with Crippen molar-refractivity contribution < 1.29 is 41.9 Å². The van der Waals surface area contributed by atoms with Gasteiger partial charge in [-0.3, -0.25) is 9.69 Å². The Morgan fingerprint density at radius 3 is 2.56 bits per heavy atom. The van der Waals surface area contributed by atoms with E-state index < -0.39 is 12.1 Å². The zero-order valence-electron chi connectivity index (χ0n) is 19.3. The van der Waals surface area contributed by atoms with E-state index in [0.717, 1.165) is 82.9 Å². The maximum Gasteiger partial charge on any atom is 0.490 e. The van der Waals surface area contributed by atoms with Crippen molar-refractivity contribution in [1.82, 2.24) is 15.0 Å². The Kier molecular flexibility index (Phi) is 8.94. The molecule has 3 aliphatic heterocycles. The van der Waals surface area contributed by atoms with Crippen LogP contribution < -0.4 is 0 Å². The van der Waals surface area contributed by atoms with E-state index in [-0.39, 0.29) is 18.1 Å². The number of ether oxygens (including phenoxy) is 2. The lowest BCUT2D eigenvalue weighted by Crippen LogP contribution is -2.64. The van der Waals surface area contributed by atoms with Gasteiger partial charge in [0, 0.05) is 52.0 Å². The van der Waals surface area contributed by atoms with Crippen LogP contribution in [0.3, 0.4) is 0 Å². The fourth-order valence-electron chi connectivity index (χ4n) is 4.67. The van der Waals surface area contributed by atoms with Gasteiger partial charge in [0.1, 0.15) is 12.4 Å². The van der Waals surface area contributed by atoms with Crippen molar-refractivity contribution in [2.24, 2.45) is 5.92 Å². The Bertz CT molecular complexity index is 819. The number of hydrogen-bond donors (Lipinski definition) is 1. The van der Waals surface area contributed by atoms with Gasteiger partial charge in [-0.1, -0.05) is 5.16 Å². The van der Waals surface area contributed by atoms with Crippen molar-refractivity contribution >= 4 is 11.9 Å². The summed E-state index contributed by atoms with van der Waals surface area (Å²) >= 11 is 0. The Hall–Kier alpha value is -2.18. The molecule has 0 radical (unpaired) electrons. The number of likely N-dealkylation sites (tertiary alicyclic amines) is 2. The molecule has 34 heavy (non-hydrogen) atoms. The highest BCUT2D eigenvalue weighted by molar-refractivity contribution is 5.77. The molecular formula is C22H32F3N3O6. The van der Waals surface area contributed by atoms with Gasteiger partial charge in [0.25, 0.3) is 0 Å². The molecule has 0 bridgehead atoms. The summed E-state index contributed by atoms with van der Waals surface area (Å²) in [4.78, 5) is 25.2. The topological polar surface area (TPSA) is 105 Å². The highest BCUT2D eigenvalue weighted by Gasteiger charge is 2.47. The summed E-state index contributed by atoms with van der Waals surface area (Å²) < 4.78 is 48.7. The maximum atomic E-state index is 12.0. The smallest absolute Gasteiger partial charge is 0.475 e. The van der Waals surface area contributed by atoms with E-state index in [1.807, 2.05) is 17.9 Å². The number of amides is 1. The fourth-order valence-corrected chi connectivity index (χ4v) is 4.67. The predicted molar refractivity (Wildman–Crippen MR) is 113 cm³/mol. The molecular weight excluding hydrogens is 459 g/mol. The van der Waals surface area contributed by atoms with Crippen LogP contribution in [0, 0.1) is 12.8 Å². The van der Waals surface area contributed by atoms with Crippen LogP contribution in [0.15, 0.2) is 10.6 Å². The summed E-state index contributed by atoms with van der Waals surface area (Å²) in [5, 5.41) is 11.2. The summed E-state index contributed by atoms with van der Waals surface area (Å²) in [5.74, 6) is -1.13. The number of aryl methyl sites for hydroxylation is 1. The van der Waals surface area contributed by atoms with Gasteiger partial charge < -0.3 is 24.0 Å². The van der Waals surface area contributed by atoms with E-state index >= 15 is 0 Å². The molecule has 4 rings (SSSR count).